The smallest absolute Gasteiger partial charge is 0.258 e. The second-order valence-corrected chi connectivity index (χ2v) is 4.42. The van der Waals surface area contributed by atoms with Gasteiger partial charge in [0.15, 0.2) is 0 Å². The fourth-order valence-electron chi connectivity index (χ4n) is 1.73. The van der Waals surface area contributed by atoms with Crippen molar-refractivity contribution in [3.05, 3.63) is 56.6 Å². The molecule has 6 heteroatoms. The van der Waals surface area contributed by atoms with Crippen LogP contribution in [0.4, 0.5) is 0 Å². The lowest BCUT2D eigenvalue weighted by Gasteiger charge is -2.06. The fourth-order valence-corrected chi connectivity index (χ4v) is 1.93. The van der Waals surface area contributed by atoms with Gasteiger partial charge in [-0.2, -0.15) is 4.98 Å². The molecule has 0 aliphatic rings. The van der Waals surface area contributed by atoms with Gasteiger partial charge in [0, 0.05) is 18.6 Å². The first-order valence-corrected chi connectivity index (χ1v) is 6.03. The van der Waals surface area contributed by atoms with E-state index >= 15 is 0 Å². The molecule has 0 saturated heterocycles. The van der Waals surface area contributed by atoms with Crippen molar-refractivity contribution in [2.45, 2.75) is 13.0 Å². The Balaban J connectivity index is 2.36. The molecule has 2 aromatic rings. The van der Waals surface area contributed by atoms with Crippen molar-refractivity contribution < 1.29 is 9.84 Å². The number of nitrogens with zero attached hydrogens (tertiary/aromatic N) is 1. The molecule has 19 heavy (non-hydrogen) atoms. The highest BCUT2D eigenvalue weighted by Crippen LogP contribution is 2.20. The minimum absolute atomic E-state index is 0.134. The second-order valence-electron chi connectivity index (χ2n) is 4.02. The Labute approximate surface area is 114 Å². The number of H-pyrrole nitrogens is 1. The Morgan fingerprint density at radius 3 is 2.79 bits per heavy atom. The molecule has 0 aliphatic carbocycles. The zero-order chi connectivity index (χ0) is 13.8. The molecule has 1 heterocycles. The Morgan fingerprint density at radius 1 is 1.42 bits per heavy atom. The number of methoxy groups -OCH3 is 1. The van der Waals surface area contributed by atoms with E-state index in [0.717, 1.165) is 5.56 Å². The second kappa shape index (κ2) is 5.86. The summed E-state index contributed by atoms with van der Waals surface area (Å²) in [4.78, 5) is 18.3. The van der Waals surface area contributed by atoms with Gasteiger partial charge in [-0.3, -0.25) is 4.79 Å². The first kappa shape index (κ1) is 13.6. The van der Waals surface area contributed by atoms with E-state index in [1.165, 1.54) is 7.11 Å². The van der Waals surface area contributed by atoms with Gasteiger partial charge in [-0.15, -0.1) is 0 Å². The fraction of sp³-hybridized carbons (Fsp3) is 0.231. The third kappa shape index (κ3) is 3.13. The van der Waals surface area contributed by atoms with Crippen molar-refractivity contribution in [3.8, 4) is 5.88 Å². The van der Waals surface area contributed by atoms with E-state index in [1.54, 1.807) is 18.2 Å². The van der Waals surface area contributed by atoms with Gasteiger partial charge in [0.2, 0.25) is 5.88 Å². The van der Waals surface area contributed by atoms with Crippen molar-refractivity contribution in [1.29, 1.82) is 0 Å². The van der Waals surface area contributed by atoms with Crippen LogP contribution in [0.15, 0.2) is 29.1 Å². The molecule has 0 bridgehead atoms. The van der Waals surface area contributed by atoms with E-state index in [2.05, 4.69) is 9.97 Å². The minimum atomic E-state index is -0.389. The summed E-state index contributed by atoms with van der Waals surface area (Å²) in [5.74, 6) is -0.0105. The van der Waals surface area contributed by atoms with Crippen LogP contribution < -0.4 is 5.56 Å². The number of aromatic hydroxyl groups is 1. The van der Waals surface area contributed by atoms with Gasteiger partial charge in [-0.05, 0) is 11.6 Å². The third-order valence-electron chi connectivity index (χ3n) is 2.65. The van der Waals surface area contributed by atoms with Crippen LogP contribution >= 0.6 is 11.6 Å². The van der Waals surface area contributed by atoms with Crippen molar-refractivity contribution in [1.82, 2.24) is 9.97 Å². The normalized spacial score (nSPS) is 10.6. The maximum absolute atomic E-state index is 11.9. The maximum Gasteiger partial charge on any atom is 0.258 e. The molecular weight excluding hydrogens is 268 g/mol. The highest BCUT2D eigenvalue weighted by molar-refractivity contribution is 6.31. The highest BCUT2D eigenvalue weighted by Gasteiger charge is 2.12. The molecule has 0 radical (unpaired) electrons. The van der Waals surface area contributed by atoms with Gasteiger partial charge in [0.25, 0.3) is 5.56 Å². The minimum Gasteiger partial charge on any atom is -0.493 e. The summed E-state index contributed by atoms with van der Waals surface area (Å²) in [6.45, 7) is 0.134. The van der Waals surface area contributed by atoms with Crippen LogP contribution in [0.1, 0.15) is 17.0 Å². The summed E-state index contributed by atoms with van der Waals surface area (Å²) in [6.07, 6.45) is 0.223. The molecule has 1 aromatic carbocycles. The first-order chi connectivity index (χ1) is 9.11. The van der Waals surface area contributed by atoms with Gasteiger partial charge in [0.1, 0.15) is 12.4 Å². The standard InChI is InChI=1S/C13H13ClN2O3/c1-19-7-11-15-12(17)9(13(18)16-11)6-8-4-2-3-5-10(8)14/h2-5H,6-7H2,1H3,(H2,15,16,17,18). The Kier molecular flexibility index (Phi) is 4.19. The summed E-state index contributed by atoms with van der Waals surface area (Å²) in [5, 5.41) is 10.4. The molecule has 5 nitrogen and oxygen atoms in total. The molecular formula is C13H13ClN2O3. The van der Waals surface area contributed by atoms with Gasteiger partial charge in [0.05, 0.1) is 5.56 Å². The molecule has 0 amide bonds. The molecule has 1 aromatic heterocycles. The summed E-state index contributed by atoms with van der Waals surface area (Å²) in [5.41, 5.74) is 0.554. The number of aromatic amines is 1. The topological polar surface area (TPSA) is 75.2 Å². The zero-order valence-corrected chi connectivity index (χ0v) is 11.1. The molecule has 2 rings (SSSR count). The van der Waals surface area contributed by atoms with E-state index in [1.807, 2.05) is 6.07 Å². The van der Waals surface area contributed by atoms with Crippen LogP contribution in [-0.2, 0) is 17.8 Å². The molecule has 0 saturated carbocycles. The Hall–Kier alpha value is -1.85. The number of nitrogens with one attached hydrogen (secondary N) is 1. The summed E-state index contributed by atoms with van der Waals surface area (Å²) in [6, 6.07) is 7.15. The predicted octanol–water partition coefficient (Wildman–Crippen LogP) is 1.87. The van der Waals surface area contributed by atoms with Crippen LogP contribution in [-0.4, -0.2) is 22.2 Å². The highest BCUT2D eigenvalue weighted by atomic mass is 35.5. The molecule has 0 unspecified atom stereocenters. The quantitative estimate of drug-likeness (QED) is 0.896. The number of halogens is 1. The summed E-state index contributed by atoms with van der Waals surface area (Å²) < 4.78 is 4.85. The van der Waals surface area contributed by atoms with Gasteiger partial charge in [-0.1, -0.05) is 29.8 Å². The Morgan fingerprint density at radius 2 is 2.16 bits per heavy atom. The largest absolute Gasteiger partial charge is 0.493 e. The molecule has 0 atom stereocenters. The monoisotopic (exact) mass is 280 g/mol. The van der Waals surface area contributed by atoms with Gasteiger partial charge in [-0.25, -0.2) is 0 Å². The van der Waals surface area contributed by atoms with E-state index in [4.69, 9.17) is 16.3 Å². The van der Waals surface area contributed by atoms with Crippen molar-refractivity contribution >= 4 is 11.6 Å². The van der Waals surface area contributed by atoms with E-state index in [9.17, 15) is 9.90 Å². The SMILES string of the molecule is COCc1nc(O)c(Cc2ccccc2Cl)c(=O)[nH]1. The molecule has 0 spiro atoms. The molecule has 0 aliphatic heterocycles. The number of benzene rings is 1. The first-order valence-electron chi connectivity index (χ1n) is 5.65. The lowest BCUT2D eigenvalue weighted by Crippen LogP contribution is -2.17. The van der Waals surface area contributed by atoms with Crippen molar-refractivity contribution in [2.24, 2.45) is 0 Å². The zero-order valence-electron chi connectivity index (χ0n) is 10.3. The summed E-state index contributed by atoms with van der Waals surface area (Å²) >= 11 is 6.03. The van der Waals surface area contributed by atoms with Crippen molar-refractivity contribution in [3.63, 3.8) is 0 Å². The number of hydrogen-bond acceptors (Lipinski definition) is 4. The third-order valence-corrected chi connectivity index (χ3v) is 3.02. The van der Waals surface area contributed by atoms with Gasteiger partial charge < -0.3 is 14.8 Å². The van der Waals surface area contributed by atoms with Crippen LogP contribution in [0.2, 0.25) is 5.02 Å². The number of hydrogen-bond donors (Lipinski definition) is 2. The molecule has 0 fully saturated rings. The van der Waals surface area contributed by atoms with Crippen LogP contribution in [0.25, 0.3) is 0 Å². The van der Waals surface area contributed by atoms with Crippen LogP contribution in [0.3, 0.4) is 0 Å². The van der Waals surface area contributed by atoms with Crippen LogP contribution in [0.5, 0.6) is 5.88 Å². The average Bonchev–Trinajstić information content (AvgIpc) is 2.36. The molecule has 2 N–H and O–H groups in total. The number of aromatic nitrogens is 2. The van der Waals surface area contributed by atoms with Gasteiger partial charge >= 0.3 is 0 Å². The van der Waals surface area contributed by atoms with Crippen LogP contribution in [0, 0.1) is 0 Å². The van der Waals surface area contributed by atoms with E-state index in [-0.39, 0.29) is 35.9 Å². The van der Waals surface area contributed by atoms with E-state index < -0.39 is 0 Å². The number of ether oxygens (including phenoxy) is 1. The Bertz CT molecular complexity index is 640. The van der Waals surface area contributed by atoms with Crippen molar-refractivity contribution in [2.75, 3.05) is 7.11 Å². The maximum atomic E-state index is 11.9. The lowest BCUT2D eigenvalue weighted by atomic mass is 10.1. The average molecular weight is 281 g/mol. The summed E-state index contributed by atoms with van der Waals surface area (Å²) in [7, 11) is 1.48. The molecule has 100 valence electrons. The predicted molar refractivity (Wildman–Crippen MR) is 71.5 cm³/mol. The lowest BCUT2D eigenvalue weighted by molar-refractivity contribution is 0.176. The van der Waals surface area contributed by atoms with E-state index in [0.29, 0.717) is 5.02 Å². The number of rotatable bonds is 4.